The van der Waals surface area contributed by atoms with Gasteiger partial charge in [0.2, 0.25) is 0 Å². The second kappa shape index (κ2) is 10.3. The van der Waals surface area contributed by atoms with E-state index in [1.54, 1.807) is 5.57 Å². The highest BCUT2D eigenvalue weighted by atomic mass is 32.2. The van der Waals surface area contributed by atoms with Crippen LogP contribution in [0.4, 0.5) is 0 Å². The molecule has 0 saturated carbocycles. The summed E-state index contributed by atoms with van der Waals surface area (Å²) in [6.07, 6.45) is 6.84. The Bertz CT molecular complexity index is 339. The Morgan fingerprint density at radius 1 is 1.48 bits per heavy atom. The van der Waals surface area contributed by atoms with Gasteiger partial charge in [-0.1, -0.05) is 32.4 Å². The van der Waals surface area contributed by atoms with Crippen LogP contribution in [-0.4, -0.2) is 35.3 Å². The van der Waals surface area contributed by atoms with Crippen molar-refractivity contribution in [3.05, 3.63) is 11.6 Å². The molecule has 1 aliphatic rings. The van der Waals surface area contributed by atoms with E-state index < -0.39 is 0 Å². The van der Waals surface area contributed by atoms with Crippen LogP contribution in [0, 0.1) is 11.8 Å². The van der Waals surface area contributed by atoms with Gasteiger partial charge >= 0.3 is 5.97 Å². The smallest absolute Gasteiger partial charge is 0.306 e. The third kappa shape index (κ3) is 7.37. The van der Waals surface area contributed by atoms with Crippen LogP contribution in [0.1, 0.15) is 52.9 Å². The number of hydrogen-bond acceptors (Lipinski definition) is 4. The molecule has 1 aliphatic carbocycles. The second-order valence-corrected chi connectivity index (χ2v) is 7.43. The highest BCUT2D eigenvalue weighted by Gasteiger charge is 2.22. The predicted molar refractivity (Wildman–Crippen MR) is 89.5 cm³/mol. The van der Waals surface area contributed by atoms with Crippen LogP contribution >= 0.6 is 11.8 Å². The van der Waals surface area contributed by atoms with E-state index in [4.69, 9.17) is 9.84 Å². The van der Waals surface area contributed by atoms with Gasteiger partial charge in [0.1, 0.15) is 0 Å². The highest BCUT2D eigenvalue weighted by molar-refractivity contribution is 8.00. The number of thioether (sulfide) groups is 1. The van der Waals surface area contributed by atoms with E-state index in [9.17, 15) is 4.79 Å². The average Bonchev–Trinajstić information content (AvgIpc) is 2.45. The fraction of sp³-hybridized carbons (Fsp3) is 0.824. The Labute approximate surface area is 133 Å². The van der Waals surface area contributed by atoms with Crippen LogP contribution in [0.3, 0.4) is 0 Å². The van der Waals surface area contributed by atoms with Gasteiger partial charge in [0.05, 0.1) is 13.0 Å². The van der Waals surface area contributed by atoms with E-state index in [1.165, 1.54) is 12.8 Å². The van der Waals surface area contributed by atoms with E-state index >= 15 is 0 Å². The van der Waals surface area contributed by atoms with Crippen molar-refractivity contribution in [2.24, 2.45) is 11.8 Å². The molecule has 0 aromatic carbocycles. The molecule has 2 unspecified atom stereocenters. The van der Waals surface area contributed by atoms with Crippen LogP contribution in [0.5, 0.6) is 0 Å². The minimum atomic E-state index is -0.114. The van der Waals surface area contributed by atoms with E-state index in [-0.39, 0.29) is 12.6 Å². The molecule has 0 bridgehead atoms. The first-order valence-corrected chi connectivity index (χ1v) is 9.18. The van der Waals surface area contributed by atoms with Gasteiger partial charge in [-0.3, -0.25) is 4.79 Å². The van der Waals surface area contributed by atoms with Crippen molar-refractivity contribution in [1.29, 1.82) is 0 Å². The van der Waals surface area contributed by atoms with Gasteiger partial charge < -0.3 is 9.84 Å². The summed E-state index contributed by atoms with van der Waals surface area (Å²) in [4.78, 5) is 11.6. The average molecular weight is 314 g/mol. The molecule has 1 N–H and O–H groups in total. The van der Waals surface area contributed by atoms with Crippen LogP contribution in [0.15, 0.2) is 11.6 Å². The Kier molecular flexibility index (Phi) is 9.09. The third-order valence-electron chi connectivity index (χ3n) is 4.00. The van der Waals surface area contributed by atoms with Gasteiger partial charge in [0.15, 0.2) is 0 Å². The number of aliphatic hydroxyl groups excluding tert-OH is 1. The number of esters is 1. The molecular weight excluding hydrogens is 284 g/mol. The van der Waals surface area contributed by atoms with Gasteiger partial charge in [-0.15, -0.1) is 0 Å². The summed E-state index contributed by atoms with van der Waals surface area (Å²) < 4.78 is 5.14. The first-order valence-electron chi connectivity index (χ1n) is 8.13. The standard InChI is InChI=1S/C17H30O3S/c1-13(2)15-7-6-14(3)16(12-15)21-11-8-17(19)20-10-5-4-9-18/h12-14,16,18H,4-11H2,1-3H3. The van der Waals surface area contributed by atoms with Crippen LogP contribution < -0.4 is 0 Å². The maximum atomic E-state index is 11.6. The molecule has 0 spiro atoms. The molecule has 0 radical (unpaired) electrons. The first kappa shape index (κ1) is 18.6. The second-order valence-electron chi connectivity index (χ2n) is 6.15. The number of ether oxygens (including phenoxy) is 1. The topological polar surface area (TPSA) is 46.5 Å². The minimum Gasteiger partial charge on any atom is -0.466 e. The molecule has 0 heterocycles. The Morgan fingerprint density at radius 2 is 2.24 bits per heavy atom. The number of allylic oxidation sites excluding steroid dienone is 1. The lowest BCUT2D eigenvalue weighted by Crippen LogP contribution is -2.20. The summed E-state index contributed by atoms with van der Waals surface area (Å²) in [5.41, 5.74) is 1.57. The van der Waals surface area contributed by atoms with Crippen LogP contribution in [-0.2, 0) is 9.53 Å². The molecule has 0 amide bonds. The minimum absolute atomic E-state index is 0.114. The van der Waals surface area contributed by atoms with Crippen LogP contribution in [0.25, 0.3) is 0 Å². The fourth-order valence-corrected chi connectivity index (χ4v) is 3.75. The zero-order valence-corrected chi connectivity index (χ0v) is 14.5. The van der Waals surface area contributed by atoms with Gasteiger partial charge in [-0.25, -0.2) is 0 Å². The number of aliphatic hydroxyl groups is 1. The number of hydrogen-bond donors (Lipinski definition) is 1. The predicted octanol–water partition coefficient (Wildman–Crippen LogP) is 3.81. The Hall–Kier alpha value is -0.480. The Balaban J connectivity index is 2.24. The van der Waals surface area contributed by atoms with Crippen molar-refractivity contribution in [2.45, 2.75) is 58.1 Å². The SMILES string of the molecule is CC(C)C1=CC(SCCC(=O)OCCCCO)C(C)CC1. The zero-order valence-electron chi connectivity index (χ0n) is 13.6. The molecule has 0 saturated heterocycles. The lowest BCUT2D eigenvalue weighted by Gasteiger charge is -2.28. The third-order valence-corrected chi connectivity index (χ3v) is 5.43. The van der Waals surface area contributed by atoms with Crippen molar-refractivity contribution < 1.29 is 14.6 Å². The van der Waals surface area contributed by atoms with Crippen molar-refractivity contribution >= 4 is 17.7 Å². The Morgan fingerprint density at radius 3 is 2.90 bits per heavy atom. The molecule has 0 fully saturated rings. The normalized spacial score (nSPS) is 22.2. The lowest BCUT2D eigenvalue weighted by molar-refractivity contribution is -0.143. The molecular formula is C17H30O3S. The number of unbranched alkanes of at least 4 members (excludes halogenated alkanes) is 1. The molecule has 2 atom stereocenters. The van der Waals surface area contributed by atoms with Gasteiger partial charge in [0, 0.05) is 17.6 Å². The summed E-state index contributed by atoms with van der Waals surface area (Å²) >= 11 is 1.88. The zero-order chi connectivity index (χ0) is 15.7. The summed E-state index contributed by atoms with van der Waals surface area (Å²) in [5.74, 6) is 2.04. The fourth-order valence-electron chi connectivity index (χ4n) is 2.46. The summed E-state index contributed by atoms with van der Waals surface area (Å²) in [5, 5.41) is 9.19. The largest absolute Gasteiger partial charge is 0.466 e. The quantitative estimate of drug-likeness (QED) is 0.399. The van der Waals surface area contributed by atoms with Crippen molar-refractivity contribution in [2.75, 3.05) is 19.0 Å². The van der Waals surface area contributed by atoms with Crippen molar-refractivity contribution in [3.63, 3.8) is 0 Å². The summed E-state index contributed by atoms with van der Waals surface area (Å²) in [7, 11) is 0. The molecule has 0 aliphatic heterocycles. The molecule has 0 aromatic heterocycles. The number of carbonyl (C=O) groups is 1. The molecule has 4 heteroatoms. The number of rotatable bonds is 9. The van der Waals surface area contributed by atoms with E-state index in [1.807, 2.05) is 11.8 Å². The summed E-state index contributed by atoms with van der Waals surface area (Å²) in [6, 6.07) is 0. The van der Waals surface area contributed by atoms with Gasteiger partial charge in [-0.05, 0) is 37.5 Å². The van der Waals surface area contributed by atoms with E-state index in [0.29, 0.717) is 36.5 Å². The molecule has 0 aromatic rings. The molecule has 1 rings (SSSR count). The highest BCUT2D eigenvalue weighted by Crippen LogP contribution is 2.34. The first-order chi connectivity index (χ1) is 10.0. The monoisotopic (exact) mass is 314 g/mol. The van der Waals surface area contributed by atoms with Crippen molar-refractivity contribution in [3.8, 4) is 0 Å². The number of carbonyl (C=O) groups excluding carboxylic acids is 1. The van der Waals surface area contributed by atoms with Crippen molar-refractivity contribution in [1.82, 2.24) is 0 Å². The maximum absolute atomic E-state index is 11.6. The van der Waals surface area contributed by atoms with E-state index in [0.717, 1.165) is 12.2 Å². The van der Waals surface area contributed by atoms with Gasteiger partial charge in [0.25, 0.3) is 0 Å². The van der Waals surface area contributed by atoms with Crippen LogP contribution in [0.2, 0.25) is 0 Å². The lowest BCUT2D eigenvalue weighted by atomic mass is 9.86. The molecule has 21 heavy (non-hydrogen) atoms. The summed E-state index contributed by atoms with van der Waals surface area (Å²) in [6.45, 7) is 7.41. The van der Waals surface area contributed by atoms with Gasteiger partial charge in [-0.2, -0.15) is 11.8 Å². The maximum Gasteiger partial charge on any atom is 0.306 e. The molecule has 122 valence electrons. The molecule has 3 nitrogen and oxygen atoms in total. The van der Waals surface area contributed by atoms with E-state index in [2.05, 4.69) is 26.8 Å².